The molecule has 1 unspecified atom stereocenters. The number of hydrogen-bond donors (Lipinski definition) is 0. The molecule has 0 saturated carbocycles. The molecule has 0 N–H and O–H groups in total. The van der Waals surface area contributed by atoms with Crippen molar-refractivity contribution in [2.45, 2.75) is 6.92 Å². The molecule has 1 heterocycles. The molecule has 0 saturated heterocycles. The van der Waals surface area contributed by atoms with Crippen LogP contribution in [0.25, 0.3) is 10.9 Å². The number of nitrogens with zero attached hydrogens (tertiary/aromatic N) is 2. The van der Waals surface area contributed by atoms with Crippen molar-refractivity contribution in [1.29, 1.82) is 0 Å². The zero-order chi connectivity index (χ0) is 9.97. The number of ether oxygens (including phenoxy) is 1. The van der Waals surface area contributed by atoms with E-state index in [1.165, 1.54) is 5.56 Å². The Balaban J connectivity index is 2.50. The van der Waals surface area contributed by atoms with Gasteiger partial charge in [-0.25, -0.2) is 4.98 Å². The highest BCUT2D eigenvalue weighted by molar-refractivity contribution is 7.16. The number of aryl methyl sites for hydroxylation is 1. The van der Waals surface area contributed by atoms with Gasteiger partial charge in [-0.2, -0.15) is 4.98 Å². The molecule has 0 bridgehead atoms. The van der Waals surface area contributed by atoms with Gasteiger partial charge in [-0.3, -0.25) is 0 Å². The second-order valence-electron chi connectivity index (χ2n) is 3.03. The molecule has 14 heavy (non-hydrogen) atoms. The van der Waals surface area contributed by atoms with E-state index in [1.807, 2.05) is 19.1 Å². The molecule has 0 aliphatic carbocycles. The highest BCUT2D eigenvalue weighted by atomic mass is 31.0. The minimum atomic E-state index is 0.427. The van der Waals surface area contributed by atoms with Crippen LogP contribution in [0, 0.1) is 6.92 Å². The Labute approximate surface area is 84.7 Å². The number of rotatable bonds is 2. The first-order valence-electron chi connectivity index (χ1n) is 4.36. The van der Waals surface area contributed by atoms with E-state index in [1.54, 1.807) is 6.20 Å². The fourth-order valence-corrected chi connectivity index (χ4v) is 1.43. The summed E-state index contributed by atoms with van der Waals surface area (Å²) in [6.45, 7) is 2.05. The maximum absolute atomic E-state index is 5.18. The van der Waals surface area contributed by atoms with E-state index in [9.17, 15) is 0 Å². The molecule has 1 aromatic heterocycles. The van der Waals surface area contributed by atoms with Crippen molar-refractivity contribution in [1.82, 2.24) is 9.97 Å². The summed E-state index contributed by atoms with van der Waals surface area (Å²) in [6.07, 6.45) is 2.29. The van der Waals surface area contributed by atoms with Crippen molar-refractivity contribution in [2.75, 3.05) is 6.35 Å². The molecule has 1 aromatic carbocycles. The van der Waals surface area contributed by atoms with Gasteiger partial charge in [0.25, 0.3) is 0 Å². The van der Waals surface area contributed by atoms with Crippen molar-refractivity contribution >= 4 is 20.1 Å². The molecule has 1 atom stereocenters. The molecule has 4 heteroatoms. The van der Waals surface area contributed by atoms with Crippen LogP contribution in [0.4, 0.5) is 0 Å². The van der Waals surface area contributed by atoms with Crippen molar-refractivity contribution in [3.05, 3.63) is 30.0 Å². The monoisotopic (exact) mass is 206 g/mol. The van der Waals surface area contributed by atoms with E-state index in [0.717, 1.165) is 10.9 Å². The van der Waals surface area contributed by atoms with Crippen LogP contribution in [-0.4, -0.2) is 16.3 Å². The minimum Gasteiger partial charge on any atom is -0.459 e. The topological polar surface area (TPSA) is 35.0 Å². The smallest absolute Gasteiger partial charge is 0.317 e. The van der Waals surface area contributed by atoms with Crippen LogP contribution in [0.2, 0.25) is 0 Å². The Morgan fingerprint density at radius 2 is 2.29 bits per heavy atom. The maximum atomic E-state index is 5.18. The molecular weight excluding hydrogens is 195 g/mol. The van der Waals surface area contributed by atoms with Crippen LogP contribution in [0.5, 0.6) is 6.01 Å². The lowest BCUT2D eigenvalue weighted by Gasteiger charge is -2.02. The molecule has 2 rings (SSSR count). The number of aromatic nitrogens is 2. The van der Waals surface area contributed by atoms with Gasteiger partial charge < -0.3 is 4.74 Å². The Morgan fingerprint density at radius 1 is 1.43 bits per heavy atom. The van der Waals surface area contributed by atoms with Gasteiger partial charge in [-0.05, 0) is 19.1 Å². The highest BCUT2D eigenvalue weighted by Crippen LogP contribution is 2.15. The third-order valence-electron chi connectivity index (χ3n) is 1.93. The van der Waals surface area contributed by atoms with Crippen LogP contribution in [0.15, 0.2) is 24.4 Å². The van der Waals surface area contributed by atoms with Crippen molar-refractivity contribution < 1.29 is 4.74 Å². The van der Waals surface area contributed by atoms with Crippen molar-refractivity contribution in [3.8, 4) is 6.01 Å². The summed E-state index contributed by atoms with van der Waals surface area (Å²) in [5.41, 5.74) is 2.12. The predicted octanol–water partition coefficient (Wildman–Crippen LogP) is 2.15. The maximum Gasteiger partial charge on any atom is 0.317 e. The third kappa shape index (κ3) is 1.83. The molecule has 0 fully saturated rings. The summed E-state index contributed by atoms with van der Waals surface area (Å²) >= 11 is 0. The van der Waals surface area contributed by atoms with Gasteiger partial charge in [-0.1, -0.05) is 20.9 Å². The zero-order valence-electron chi connectivity index (χ0n) is 7.90. The van der Waals surface area contributed by atoms with E-state index in [0.29, 0.717) is 12.4 Å². The predicted molar refractivity (Wildman–Crippen MR) is 59.5 cm³/mol. The Morgan fingerprint density at radius 3 is 3.07 bits per heavy atom. The van der Waals surface area contributed by atoms with Crippen LogP contribution in [0.3, 0.4) is 0 Å². The summed E-state index contributed by atoms with van der Waals surface area (Å²) < 4.78 is 5.18. The normalized spacial score (nSPS) is 10.4. The second-order valence-corrected chi connectivity index (χ2v) is 3.36. The minimum absolute atomic E-state index is 0.427. The van der Waals surface area contributed by atoms with Gasteiger partial charge in [0, 0.05) is 11.6 Å². The third-order valence-corrected chi connectivity index (χ3v) is 2.09. The first-order chi connectivity index (χ1) is 6.79. The SMILES string of the molecule is Cc1ccc2nc(OCP)ncc2c1. The zero-order valence-corrected chi connectivity index (χ0v) is 9.05. The van der Waals surface area contributed by atoms with E-state index in [2.05, 4.69) is 25.3 Å². The average Bonchev–Trinajstić information content (AvgIpc) is 2.19. The van der Waals surface area contributed by atoms with Gasteiger partial charge in [0.05, 0.1) is 5.52 Å². The number of hydrogen-bond acceptors (Lipinski definition) is 3. The summed E-state index contributed by atoms with van der Waals surface area (Å²) in [6, 6.07) is 6.48. The van der Waals surface area contributed by atoms with Gasteiger partial charge in [0.1, 0.15) is 6.35 Å². The molecule has 0 amide bonds. The molecule has 0 spiro atoms. The first kappa shape index (κ1) is 9.35. The van der Waals surface area contributed by atoms with E-state index >= 15 is 0 Å². The molecule has 0 aliphatic rings. The molecular formula is C10H11N2OP. The number of fused-ring (bicyclic) bond motifs is 1. The lowest BCUT2D eigenvalue weighted by Crippen LogP contribution is -1.95. The van der Waals surface area contributed by atoms with Crippen LogP contribution in [-0.2, 0) is 0 Å². The van der Waals surface area contributed by atoms with Gasteiger partial charge in [0.15, 0.2) is 0 Å². The average molecular weight is 206 g/mol. The van der Waals surface area contributed by atoms with Crippen LogP contribution >= 0.6 is 9.24 Å². The first-order valence-corrected chi connectivity index (χ1v) is 5.17. The van der Waals surface area contributed by atoms with Crippen molar-refractivity contribution in [2.24, 2.45) is 0 Å². The molecule has 0 radical (unpaired) electrons. The fourth-order valence-electron chi connectivity index (χ4n) is 1.28. The van der Waals surface area contributed by atoms with Gasteiger partial charge in [0.2, 0.25) is 0 Å². The molecule has 2 aromatic rings. The van der Waals surface area contributed by atoms with E-state index in [-0.39, 0.29) is 0 Å². The Bertz CT molecular complexity index is 459. The summed E-state index contributed by atoms with van der Waals surface area (Å²) in [7, 11) is 2.47. The quantitative estimate of drug-likeness (QED) is 0.706. The molecule has 3 nitrogen and oxygen atoms in total. The standard InChI is InChI=1S/C10H11N2OP/c1-7-2-3-9-8(4-7)5-11-10(12-9)13-6-14/h2-5H,6,14H2,1H3. The summed E-state index contributed by atoms with van der Waals surface area (Å²) in [5, 5.41) is 1.04. The Kier molecular flexibility index (Phi) is 2.60. The van der Waals surface area contributed by atoms with Gasteiger partial charge >= 0.3 is 6.01 Å². The number of benzene rings is 1. The van der Waals surface area contributed by atoms with Crippen LogP contribution < -0.4 is 4.74 Å². The van der Waals surface area contributed by atoms with Crippen molar-refractivity contribution in [3.63, 3.8) is 0 Å². The highest BCUT2D eigenvalue weighted by Gasteiger charge is 1.99. The molecule has 72 valence electrons. The van der Waals surface area contributed by atoms with E-state index in [4.69, 9.17) is 4.74 Å². The van der Waals surface area contributed by atoms with Crippen LogP contribution in [0.1, 0.15) is 5.56 Å². The lowest BCUT2D eigenvalue weighted by molar-refractivity contribution is 0.361. The Hall–Kier alpha value is -1.21. The van der Waals surface area contributed by atoms with E-state index < -0.39 is 0 Å². The largest absolute Gasteiger partial charge is 0.459 e. The summed E-state index contributed by atoms with van der Waals surface area (Å²) in [5.74, 6) is 0. The second kappa shape index (κ2) is 3.89. The fraction of sp³-hybridized carbons (Fsp3) is 0.200. The van der Waals surface area contributed by atoms with Gasteiger partial charge in [-0.15, -0.1) is 0 Å². The summed E-state index contributed by atoms with van der Waals surface area (Å²) in [4.78, 5) is 8.35. The lowest BCUT2D eigenvalue weighted by atomic mass is 10.2. The molecule has 0 aliphatic heterocycles.